The van der Waals surface area contributed by atoms with Crippen molar-refractivity contribution in [2.24, 2.45) is 18.4 Å². The molecule has 0 aliphatic rings. The van der Waals surface area contributed by atoms with Crippen LogP contribution in [-0.2, 0) is 7.05 Å². The quantitative estimate of drug-likeness (QED) is 0.712. The number of aromatic nitrogens is 2. The Morgan fingerprint density at radius 1 is 1.40 bits per heavy atom. The molecule has 1 amide bonds. The van der Waals surface area contributed by atoms with Gasteiger partial charge in [-0.1, -0.05) is 27.7 Å². The van der Waals surface area contributed by atoms with Gasteiger partial charge < -0.3 is 15.4 Å². The molecule has 1 atom stereocenters. The predicted molar refractivity (Wildman–Crippen MR) is 101 cm³/mol. The molecule has 0 fully saturated rings. The number of aliphatic hydroxyl groups is 1. The van der Waals surface area contributed by atoms with Crippen LogP contribution in [0.1, 0.15) is 38.1 Å². The van der Waals surface area contributed by atoms with Crippen molar-refractivity contribution in [2.75, 3.05) is 6.54 Å². The Morgan fingerprint density at radius 3 is 2.64 bits per heavy atom. The molecule has 0 saturated carbocycles. The van der Waals surface area contributed by atoms with Gasteiger partial charge in [-0.25, -0.2) is 0 Å². The molecule has 1 unspecified atom stereocenters. The summed E-state index contributed by atoms with van der Waals surface area (Å²) in [5.41, 5.74) is 0.312. The van der Waals surface area contributed by atoms with Gasteiger partial charge in [-0.15, -0.1) is 0 Å². The Labute approximate surface area is 151 Å². The van der Waals surface area contributed by atoms with Gasteiger partial charge >= 0.3 is 0 Å². The highest BCUT2D eigenvalue weighted by Crippen LogP contribution is 2.25. The molecule has 1 heterocycles. The second-order valence-electron chi connectivity index (χ2n) is 7.41. The third kappa shape index (κ3) is 3.99. The van der Waals surface area contributed by atoms with Crippen LogP contribution in [0.25, 0.3) is 10.9 Å². The first-order valence-electron chi connectivity index (χ1n) is 8.24. The van der Waals surface area contributed by atoms with Crippen LogP contribution in [0.5, 0.6) is 0 Å². The fourth-order valence-corrected chi connectivity index (χ4v) is 3.06. The van der Waals surface area contributed by atoms with E-state index in [0.717, 1.165) is 0 Å². The molecule has 1 aromatic carbocycles. The fraction of sp³-hybridized carbons (Fsp3) is 0.500. The molecular formula is C18H25N3O3S. The van der Waals surface area contributed by atoms with Crippen molar-refractivity contribution in [3.05, 3.63) is 38.9 Å². The number of fused-ring (bicyclic) bond motifs is 1. The van der Waals surface area contributed by atoms with Crippen molar-refractivity contribution in [1.82, 2.24) is 14.9 Å². The van der Waals surface area contributed by atoms with Crippen LogP contribution < -0.4 is 10.9 Å². The molecule has 25 heavy (non-hydrogen) atoms. The summed E-state index contributed by atoms with van der Waals surface area (Å²) in [6.07, 6.45) is -0.525. The fourth-order valence-electron chi connectivity index (χ4n) is 2.86. The van der Waals surface area contributed by atoms with Crippen molar-refractivity contribution in [2.45, 2.75) is 33.8 Å². The largest absolute Gasteiger partial charge is 0.392 e. The van der Waals surface area contributed by atoms with Crippen LogP contribution in [0.3, 0.4) is 0 Å². The van der Waals surface area contributed by atoms with Crippen LogP contribution in [0.15, 0.2) is 23.0 Å². The minimum Gasteiger partial charge on any atom is -0.392 e. The number of aromatic amines is 1. The van der Waals surface area contributed by atoms with Gasteiger partial charge in [-0.3, -0.25) is 14.2 Å². The van der Waals surface area contributed by atoms with Gasteiger partial charge in [-0.2, -0.15) is 0 Å². The lowest BCUT2D eigenvalue weighted by Crippen LogP contribution is -2.43. The number of nitrogens with zero attached hydrogens (tertiary/aromatic N) is 1. The molecule has 2 aromatic rings. The first-order chi connectivity index (χ1) is 11.5. The SMILES string of the molecule is CC(C)C(O)C(C)(C)CNC(=O)c1ccc2c(=O)n(C)c(=S)[nH]c2c1. The number of hydrogen-bond donors (Lipinski definition) is 3. The molecule has 0 aliphatic carbocycles. The Kier molecular flexibility index (Phi) is 5.49. The van der Waals surface area contributed by atoms with E-state index in [1.165, 1.54) is 4.57 Å². The van der Waals surface area contributed by atoms with E-state index in [4.69, 9.17) is 12.2 Å². The molecule has 0 radical (unpaired) electrons. The van der Waals surface area contributed by atoms with E-state index >= 15 is 0 Å². The van der Waals surface area contributed by atoms with Crippen molar-refractivity contribution >= 4 is 29.0 Å². The molecule has 1 aromatic heterocycles. The Balaban J connectivity index is 2.24. The van der Waals surface area contributed by atoms with Gasteiger partial charge in [-0.05, 0) is 36.3 Å². The van der Waals surface area contributed by atoms with Crippen molar-refractivity contribution in [1.29, 1.82) is 0 Å². The molecule has 0 saturated heterocycles. The van der Waals surface area contributed by atoms with Crippen LogP contribution in [0, 0.1) is 16.1 Å². The van der Waals surface area contributed by atoms with Gasteiger partial charge in [0.05, 0.1) is 17.0 Å². The maximum Gasteiger partial charge on any atom is 0.261 e. The highest BCUT2D eigenvalue weighted by molar-refractivity contribution is 7.71. The highest BCUT2D eigenvalue weighted by Gasteiger charge is 2.30. The van der Waals surface area contributed by atoms with E-state index in [9.17, 15) is 14.7 Å². The zero-order chi connectivity index (χ0) is 18.9. The number of amides is 1. The number of rotatable bonds is 5. The predicted octanol–water partition coefficient (Wildman–Crippen LogP) is 2.37. The lowest BCUT2D eigenvalue weighted by molar-refractivity contribution is 0.0138. The number of benzene rings is 1. The first kappa shape index (κ1) is 19.3. The molecule has 3 N–H and O–H groups in total. The maximum atomic E-state index is 12.4. The monoisotopic (exact) mass is 363 g/mol. The van der Waals surface area contributed by atoms with E-state index < -0.39 is 11.5 Å². The van der Waals surface area contributed by atoms with Crippen LogP contribution >= 0.6 is 12.2 Å². The topological polar surface area (TPSA) is 87.1 Å². The summed E-state index contributed by atoms with van der Waals surface area (Å²) >= 11 is 5.11. The third-order valence-electron chi connectivity index (χ3n) is 4.50. The third-order valence-corrected chi connectivity index (χ3v) is 4.88. The number of carbonyl (C=O) groups excluding carboxylic acids is 1. The second-order valence-corrected chi connectivity index (χ2v) is 7.80. The molecule has 136 valence electrons. The Morgan fingerprint density at radius 2 is 2.04 bits per heavy atom. The van der Waals surface area contributed by atoms with E-state index in [1.807, 2.05) is 27.7 Å². The van der Waals surface area contributed by atoms with E-state index in [-0.39, 0.29) is 17.4 Å². The molecule has 6 nitrogen and oxygen atoms in total. The van der Waals surface area contributed by atoms with Crippen LogP contribution in [0.2, 0.25) is 0 Å². The zero-order valence-corrected chi connectivity index (χ0v) is 16.0. The molecule has 0 spiro atoms. The summed E-state index contributed by atoms with van der Waals surface area (Å²) in [5, 5.41) is 13.6. The van der Waals surface area contributed by atoms with Gasteiger partial charge in [0.2, 0.25) is 0 Å². The smallest absolute Gasteiger partial charge is 0.261 e. The molecule has 2 rings (SSSR count). The molecule has 7 heteroatoms. The minimum absolute atomic E-state index is 0.101. The van der Waals surface area contributed by atoms with E-state index in [2.05, 4.69) is 10.3 Å². The first-order valence-corrected chi connectivity index (χ1v) is 8.65. The summed E-state index contributed by atoms with van der Waals surface area (Å²) in [5.74, 6) is -0.158. The zero-order valence-electron chi connectivity index (χ0n) is 15.2. The summed E-state index contributed by atoms with van der Waals surface area (Å²) in [6, 6.07) is 4.85. The van der Waals surface area contributed by atoms with Gasteiger partial charge in [0.1, 0.15) is 0 Å². The lowest BCUT2D eigenvalue weighted by atomic mass is 9.80. The van der Waals surface area contributed by atoms with Gasteiger partial charge in [0.25, 0.3) is 11.5 Å². The second kappa shape index (κ2) is 7.09. The van der Waals surface area contributed by atoms with Crippen LogP contribution in [-0.4, -0.2) is 33.2 Å². The van der Waals surface area contributed by atoms with E-state index in [1.54, 1.807) is 25.2 Å². The number of carbonyl (C=O) groups is 1. The summed E-state index contributed by atoms with van der Waals surface area (Å²) in [7, 11) is 1.60. The Hall–Kier alpha value is -1.99. The van der Waals surface area contributed by atoms with Gasteiger partial charge in [0.15, 0.2) is 4.77 Å². The maximum absolute atomic E-state index is 12.4. The van der Waals surface area contributed by atoms with Gasteiger partial charge in [0, 0.05) is 24.6 Å². The van der Waals surface area contributed by atoms with Crippen LogP contribution in [0.4, 0.5) is 0 Å². The average Bonchev–Trinajstić information content (AvgIpc) is 2.56. The number of nitrogens with one attached hydrogen (secondary N) is 2. The standard InChI is InChI=1S/C18H25N3O3S/c1-10(2)14(22)18(3,4)9-19-15(23)11-6-7-12-13(8-11)20-17(25)21(5)16(12)24/h6-8,10,14,22H,9H2,1-5H3,(H,19,23)(H,20,25). The van der Waals surface area contributed by atoms with Crippen molar-refractivity contribution < 1.29 is 9.90 Å². The number of H-pyrrole nitrogens is 1. The Bertz CT molecular complexity index is 912. The number of hydrogen-bond acceptors (Lipinski definition) is 4. The minimum atomic E-state index is -0.525. The number of aliphatic hydroxyl groups excluding tert-OH is 1. The van der Waals surface area contributed by atoms with Crippen molar-refractivity contribution in [3.8, 4) is 0 Å². The molecule has 0 bridgehead atoms. The average molecular weight is 363 g/mol. The molecule has 0 aliphatic heterocycles. The lowest BCUT2D eigenvalue weighted by Gasteiger charge is -2.33. The van der Waals surface area contributed by atoms with Crippen molar-refractivity contribution in [3.63, 3.8) is 0 Å². The molecular weight excluding hydrogens is 338 g/mol. The summed E-state index contributed by atoms with van der Waals surface area (Å²) in [6.45, 7) is 8.06. The highest BCUT2D eigenvalue weighted by atomic mass is 32.1. The van der Waals surface area contributed by atoms with E-state index in [0.29, 0.717) is 27.8 Å². The summed E-state index contributed by atoms with van der Waals surface area (Å²) < 4.78 is 1.66. The normalized spacial score (nSPS) is 13.2. The summed E-state index contributed by atoms with van der Waals surface area (Å²) in [4.78, 5) is 27.6.